The number of aryl methyl sites for hydroxylation is 1. The molecule has 2 N–H and O–H groups in total. The lowest BCUT2D eigenvalue weighted by Crippen LogP contribution is -2.40. The Hall–Kier alpha value is -1.98. The molecule has 0 aromatic heterocycles. The molecule has 1 atom stereocenters. The normalized spacial score (nSPS) is 22.3. The summed E-state index contributed by atoms with van der Waals surface area (Å²) in [7, 11) is 0. The first-order valence-corrected chi connectivity index (χ1v) is 8.01. The Morgan fingerprint density at radius 3 is 2.73 bits per heavy atom. The molecule has 110 valence electrons. The highest BCUT2D eigenvalue weighted by Crippen LogP contribution is 2.51. The number of hydrogen-bond acceptors (Lipinski definition) is 4. The number of carbonyl (C=O) groups is 1. The minimum atomic E-state index is -0.983. The molecular formula is C16H12ClN3OS. The maximum Gasteiger partial charge on any atom is 0.267 e. The van der Waals surface area contributed by atoms with E-state index in [2.05, 4.69) is 15.8 Å². The SMILES string of the molecule is Cc1ccc(Cl)c2c1NC(=O)C21NN=C(c2ccccc2)S1. The summed E-state index contributed by atoms with van der Waals surface area (Å²) in [5, 5.41) is 8.64. The zero-order valence-corrected chi connectivity index (χ0v) is 13.3. The minimum Gasteiger partial charge on any atom is -0.322 e. The van der Waals surface area contributed by atoms with Gasteiger partial charge in [-0.05, 0) is 18.6 Å². The maximum absolute atomic E-state index is 12.6. The highest BCUT2D eigenvalue weighted by molar-refractivity contribution is 8.16. The third kappa shape index (κ3) is 1.79. The van der Waals surface area contributed by atoms with Gasteiger partial charge in [0.25, 0.3) is 5.91 Å². The summed E-state index contributed by atoms with van der Waals surface area (Å²) in [6.45, 7) is 1.95. The van der Waals surface area contributed by atoms with E-state index in [1.54, 1.807) is 0 Å². The highest BCUT2D eigenvalue weighted by Gasteiger charge is 2.53. The van der Waals surface area contributed by atoms with Crippen molar-refractivity contribution in [3.63, 3.8) is 0 Å². The molecule has 1 spiro atoms. The number of rotatable bonds is 1. The number of amides is 1. The lowest BCUT2D eigenvalue weighted by Gasteiger charge is -2.21. The van der Waals surface area contributed by atoms with Crippen molar-refractivity contribution >= 4 is 40.0 Å². The lowest BCUT2D eigenvalue weighted by atomic mass is 10.0. The second-order valence-electron chi connectivity index (χ2n) is 5.25. The van der Waals surface area contributed by atoms with E-state index in [0.717, 1.165) is 27.4 Å². The summed E-state index contributed by atoms with van der Waals surface area (Å²) in [6, 6.07) is 13.5. The van der Waals surface area contributed by atoms with Crippen LogP contribution in [0.2, 0.25) is 5.02 Å². The van der Waals surface area contributed by atoms with Crippen LogP contribution in [0, 0.1) is 6.92 Å². The molecule has 2 aliphatic rings. The van der Waals surface area contributed by atoms with E-state index in [4.69, 9.17) is 11.6 Å². The molecule has 0 aliphatic carbocycles. The van der Waals surface area contributed by atoms with Crippen molar-refractivity contribution < 1.29 is 4.79 Å². The number of nitrogens with zero attached hydrogens (tertiary/aromatic N) is 1. The van der Waals surface area contributed by atoms with Gasteiger partial charge >= 0.3 is 0 Å². The van der Waals surface area contributed by atoms with Crippen LogP contribution in [0.1, 0.15) is 16.7 Å². The summed E-state index contributed by atoms with van der Waals surface area (Å²) in [6.07, 6.45) is 0. The third-order valence-electron chi connectivity index (χ3n) is 3.86. The van der Waals surface area contributed by atoms with E-state index in [-0.39, 0.29) is 5.91 Å². The molecule has 2 aliphatic heterocycles. The van der Waals surface area contributed by atoms with Gasteiger partial charge in [0.05, 0.1) is 5.69 Å². The van der Waals surface area contributed by atoms with Crippen molar-refractivity contribution in [1.29, 1.82) is 0 Å². The van der Waals surface area contributed by atoms with Crippen LogP contribution >= 0.6 is 23.4 Å². The molecule has 0 bridgehead atoms. The fourth-order valence-corrected chi connectivity index (χ4v) is 4.27. The number of hydrogen-bond donors (Lipinski definition) is 2. The summed E-state index contributed by atoms with van der Waals surface area (Å²) in [5.41, 5.74) is 6.51. The van der Waals surface area contributed by atoms with Gasteiger partial charge in [0.1, 0.15) is 5.04 Å². The lowest BCUT2D eigenvalue weighted by molar-refractivity contribution is -0.118. The second-order valence-corrected chi connectivity index (χ2v) is 6.86. The van der Waals surface area contributed by atoms with E-state index in [9.17, 15) is 4.79 Å². The minimum absolute atomic E-state index is 0.140. The van der Waals surface area contributed by atoms with Gasteiger partial charge in [-0.15, -0.1) is 0 Å². The van der Waals surface area contributed by atoms with Crippen molar-refractivity contribution in [3.8, 4) is 0 Å². The molecule has 4 rings (SSSR count). The molecular weight excluding hydrogens is 318 g/mol. The number of nitrogens with one attached hydrogen (secondary N) is 2. The average Bonchev–Trinajstić information content (AvgIpc) is 3.09. The van der Waals surface area contributed by atoms with Crippen molar-refractivity contribution in [2.45, 2.75) is 11.8 Å². The second kappa shape index (κ2) is 4.76. The van der Waals surface area contributed by atoms with Crippen molar-refractivity contribution in [3.05, 3.63) is 64.2 Å². The van der Waals surface area contributed by atoms with Gasteiger partial charge in [-0.1, -0.05) is 59.8 Å². The van der Waals surface area contributed by atoms with Crippen LogP contribution in [0.4, 0.5) is 5.69 Å². The van der Waals surface area contributed by atoms with Crippen molar-refractivity contribution in [2.24, 2.45) is 5.10 Å². The molecule has 0 saturated heterocycles. The molecule has 1 unspecified atom stereocenters. The summed E-state index contributed by atoms with van der Waals surface area (Å²) in [5.74, 6) is -0.140. The zero-order valence-electron chi connectivity index (χ0n) is 11.7. The molecule has 1 amide bonds. The smallest absolute Gasteiger partial charge is 0.267 e. The molecule has 0 fully saturated rings. The van der Waals surface area contributed by atoms with E-state index in [1.807, 2.05) is 49.4 Å². The van der Waals surface area contributed by atoms with E-state index >= 15 is 0 Å². The number of hydrazone groups is 1. The number of thioether (sulfide) groups is 1. The predicted molar refractivity (Wildman–Crippen MR) is 90.2 cm³/mol. The molecule has 6 heteroatoms. The fraction of sp³-hybridized carbons (Fsp3) is 0.125. The number of carbonyl (C=O) groups excluding carboxylic acids is 1. The fourth-order valence-electron chi connectivity index (χ4n) is 2.73. The molecule has 2 aromatic rings. The van der Waals surface area contributed by atoms with Gasteiger partial charge < -0.3 is 5.32 Å². The molecule has 0 saturated carbocycles. The van der Waals surface area contributed by atoms with Gasteiger partial charge in [0.2, 0.25) is 4.87 Å². The summed E-state index contributed by atoms with van der Waals surface area (Å²) < 4.78 is 0. The van der Waals surface area contributed by atoms with Gasteiger partial charge in [-0.25, -0.2) is 0 Å². The van der Waals surface area contributed by atoms with Crippen molar-refractivity contribution in [2.75, 3.05) is 5.32 Å². The Labute approximate surface area is 136 Å². The van der Waals surface area contributed by atoms with Crippen LogP contribution in [0.3, 0.4) is 0 Å². The number of benzene rings is 2. The van der Waals surface area contributed by atoms with Gasteiger partial charge in [-0.3, -0.25) is 10.2 Å². The van der Waals surface area contributed by atoms with E-state index < -0.39 is 4.87 Å². The van der Waals surface area contributed by atoms with Gasteiger partial charge in [0.15, 0.2) is 0 Å². The Balaban J connectivity index is 1.80. The van der Waals surface area contributed by atoms with Gasteiger partial charge in [-0.2, -0.15) is 5.10 Å². The molecule has 2 aromatic carbocycles. The number of halogens is 1. The van der Waals surface area contributed by atoms with E-state index in [1.165, 1.54) is 11.8 Å². The number of anilines is 1. The Morgan fingerprint density at radius 1 is 1.18 bits per heavy atom. The van der Waals surface area contributed by atoms with E-state index in [0.29, 0.717) is 5.02 Å². The monoisotopic (exact) mass is 329 g/mol. The Kier molecular flexibility index (Phi) is 2.96. The highest BCUT2D eigenvalue weighted by atomic mass is 35.5. The van der Waals surface area contributed by atoms with Crippen LogP contribution < -0.4 is 10.7 Å². The van der Waals surface area contributed by atoms with Gasteiger partial charge in [0, 0.05) is 16.1 Å². The number of fused-ring (bicyclic) bond motifs is 2. The molecule has 0 radical (unpaired) electrons. The Morgan fingerprint density at radius 2 is 1.95 bits per heavy atom. The standard InChI is InChI=1S/C16H12ClN3OS/c1-9-7-8-11(17)12-13(9)18-15(21)16(12)20-19-14(22-16)10-5-3-2-4-6-10/h2-8,20H,1H3,(H,18,21). The summed E-state index contributed by atoms with van der Waals surface area (Å²) >= 11 is 7.76. The first-order valence-electron chi connectivity index (χ1n) is 6.82. The van der Waals surface area contributed by atoms with Crippen LogP contribution in [0.5, 0.6) is 0 Å². The largest absolute Gasteiger partial charge is 0.322 e. The zero-order chi connectivity index (χ0) is 15.3. The first kappa shape index (κ1) is 13.7. The topological polar surface area (TPSA) is 53.5 Å². The third-order valence-corrected chi connectivity index (χ3v) is 5.48. The summed E-state index contributed by atoms with van der Waals surface area (Å²) in [4.78, 5) is 11.6. The first-order chi connectivity index (χ1) is 10.6. The van der Waals surface area contributed by atoms with Crippen LogP contribution in [0.15, 0.2) is 47.6 Å². The van der Waals surface area contributed by atoms with Crippen molar-refractivity contribution in [1.82, 2.24) is 5.43 Å². The predicted octanol–water partition coefficient (Wildman–Crippen LogP) is 3.45. The molecule has 22 heavy (non-hydrogen) atoms. The van der Waals surface area contributed by atoms with Crippen LogP contribution in [-0.2, 0) is 9.67 Å². The molecule has 4 nitrogen and oxygen atoms in total. The average molecular weight is 330 g/mol. The van der Waals surface area contributed by atoms with Crippen LogP contribution in [0.25, 0.3) is 0 Å². The Bertz CT molecular complexity index is 822. The van der Waals surface area contributed by atoms with Crippen LogP contribution in [-0.4, -0.2) is 11.0 Å². The quantitative estimate of drug-likeness (QED) is 0.842. The maximum atomic E-state index is 12.6. The molecule has 2 heterocycles.